The fourth-order valence-corrected chi connectivity index (χ4v) is 3.64. The molecule has 3 aromatic rings. The molecule has 7 heteroatoms. The van der Waals surface area contributed by atoms with Crippen molar-refractivity contribution in [2.24, 2.45) is 0 Å². The molecule has 33 heavy (non-hydrogen) atoms. The van der Waals surface area contributed by atoms with Crippen LogP contribution in [0.5, 0.6) is 11.8 Å². The van der Waals surface area contributed by atoms with Crippen LogP contribution in [0.3, 0.4) is 0 Å². The topological polar surface area (TPSA) is 77.4 Å². The zero-order chi connectivity index (χ0) is 23.5. The van der Waals surface area contributed by atoms with Crippen molar-refractivity contribution < 1.29 is 14.3 Å². The molecule has 0 aliphatic heterocycles. The minimum atomic E-state index is -0.214. The number of aromatic nitrogens is 2. The molecular formula is C26H34N4O3. The molecule has 0 aliphatic carbocycles. The molecule has 1 aromatic heterocycles. The first kappa shape index (κ1) is 24.2. The Bertz CT molecular complexity index is 1020. The number of nitrogens with zero attached hydrogens (tertiary/aromatic N) is 2. The normalized spacial score (nSPS) is 10.6. The molecule has 0 saturated carbocycles. The smallest absolute Gasteiger partial charge is 0.319 e. The van der Waals surface area contributed by atoms with Gasteiger partial charge in [0.05, 0.1) is 25.1 Å². The highest BCUT2D eigenvalue weighted by Gasteiger charge is 2.15. The third kappa shape index (κ3) is 6.75. The van der Waals surface area contributed by atoms with Gasteiger partial charge in [-0.05, 0) is 31.9 Å². The summed E-state index contributed by atoms with van der Waals surface area (Å²) in [7, 11) is 1.64. The van der Waals surface area contributed by atoms with Crippen LogP contribution in [0.4, 0.5) is 10.5 Å². The largest absolute Gasteiger partial charge is 0.491 e. The minimum absolute atomic E-state index is 0.214. The molecular weight excluding hydrogens is 416 g/mol. The zero-order valence-corrected chi connectivity index (χ0v) is 19.8. The fraction of sp³-hybridized carbons (Fsp3) is 0.385. The maximum atomic E-state index is 12.2. The molecule has 1 heterocycles. The van der Waals surface area contributed by atoms with E-state index in [1.165, 1.54) is 0 Å². The van der Waals surface area contributed by atoms with Crippen molar-refractivity contribution in [2.45, 2.75) is 46.1 Å². The van der Waals surface area contributed by atoms with Crippen LogP contribution in [0.2, 0.25) is 0 Å². The van der Waals surface area contributed by atoms with E-state index in [1.807, 2.05) is 54.6 Å². The Balaban J connectivity index is 1.55. The summed E-state index contributed by atoms with van der Waals surface area (Å²) in [6, 6.07) is 18.0. The van der Waals surface area contributed by atoms with E-state index in [0.717, 1.165) is 42.6 Å². The predicted molar refractivity (Wildman–Crippen MR) is 132 cm³/mol. The number of para-hydroxylation sites is 2. The Labute approximate surface area is 196 Å². The van der Waals surface area contributed by atoms with Crippen molar-refractivity contribution in [1.29, 1.82) is 0 Å². The van der Waals surface area contributed by atoms with Gasteiger partial charge >= 0.3 is 6.03 Å². The lowest BCUT2D eigenvalue weighted by Crippen LogP contribution is -2.29. The van der Waals surface area contributed by atoms with Crippen LogP contribution in [-0.4, -0.2) is 35.8 Å². The average Bonchev–Trinajstić information content (AvgIpc) is 3.16. The van der Waals surface area contributed by atoms with Crippen molar-refractivity contribution in [3.05, 3.63) is 60.3 Å². The molecule has 0 fully saturated rings. The van der Waals surface area contributed by atoms with Crippen LogP contribution in [0.25, 0.3) is 11.3 Å². The molecule has 2 aromatic carbocycles. The Morgan fingerprint density at radius 3 is 2.55 bits per heavy atom. The quantitative estimate of drug-likeness (QED) is 0.350. The summed E-state index contributed by atoms with van der Waals surface area (Å²) in [5.41, 5.74) is 3.71. The van der Waals surface area contributed by atoms with Crippen LogP contribution >= 0.6 is 0 Å². The molecule has 2 N–H and O–H groups in total. The molecule has 3 rings (SSSR count). The van der Waals surface area contributed by atoms with Gasteiger partial charge in [-0.25, -0.2) is 4.79 Å². The highest BCUT2D eigenvalue weighted by atomic mass is 16.5. The number of hydrogen-bond donors (Lipinski definition) is 2. The van der Waals surface area contributed by atoms with Crippen LogP contribution in [0, 0.1) is 6.92 Å². The van der Waals surface area contributed by atoms with Gasteiger partial charge in [-0.2, -0.15) is 4.98 Å². The van der Waals surface area contributed by atoms with Crippen molar-refractivity contribution in [3.8, 4) is 23.0 Å². The molecule has 0 saturated heterocycles. The summed E-state index contributed by atoms with van der Waals surface area (Å²) in [4.78, 5) is 16.8. The molecule has 0 aliphatic rings. The van der Waals surface area contributed by atoms with E-state index in [4.69, 9.17) is 9.47 Å². The standard InChI is InChI=1S/C26H34N4O3/c1-4-5-11-17-27-25(31)28-22-15-9-10-16-23(22)33-19-12-18-30-20(2)24(29-26(30)32-3)21-13-7-6-8-14-21/h6-10,13-16H,4-5,11-12,17-19H2,1-3H3,(H2,27,28,31). The number of rotatable bonds is 12. The number of imidazole rings is 1. The summed E-state index contributed by atoms with van der Waals surface area (Å²) in [6.45, 7) is 6.07. The summed E-state index contributed by atoms with van der Waals surface area (Å²) in [5, 5.41) is 5.77. The lowest BCUT2D eigenvalue weighted by molar-refractivity contribution is 0.251. The van der Waals surface area contributed by atoms with E-state index in [1.54, 1.807) is 7.11 Å². The fourth-order valence-electron chi connectivity index (χ4n) is 3.64. The first-order chi connectivity index (χ1) is 16.1. The maximum Gasteiger partial charge on any atom is 0.319 e. The van der Waals surface area contributed by atoms with Gasteiger partial charge < -0.3 is 20.1 Å². The second-order valence-corrected chi connectivity index (χ2v) is 7.84. The molecule has 0 spiro atoms. The Morgan fingerprint density at radius 2 is 1.79 bits per heavy atom. The van der Waals surface area contributed by atoms with Gasteiger partial charge in [-0.1, -0.05) is 62.2 Å². The monoisotopic (exact) mass is 450 g/mol. The van der Waals surface area contributed by atoms with Gasteiger partial charge in [-0.3, -0.25) is 4.57 Å². The van der Waals surface area contributed by atoms with Crippen LogP contribution in [0.1, 0.15) is 38.3 Å². The molecule has 0 unspecified atom stereocenters. The van der Waals surface area contributed by atoms with Crippen molar-refractivity contribution in [1.82, 2.24) is 14.9 Å². The number of carbonyl (C=O) groups is 1. The van der Waals surface area contributed by atoms with E-state index in [-0.39, 0.29) is 6.03 Å². The van der Waals surface area contributed by atoms with Gasteiger partial charge in [0.2, 0.25) is 0 Å². The van der Waals surface area contributed by atoms with Gasteiger partial charge in [0.1, 0.15) is 5.75 Å². The first-order valence-corrected chi connectivity index (χ1v) is 11.6. The van der Waals surface area contributed by atoms with E-state index in [9.17, 15) is 4.79 Å². The lowest BCUT2D eigenvalue weighted by Gasteiger charge is -2.14. The van der Waals surface area contributed by atoms with E-state index in [0.29, 0.717) is 37.1 Å². The van der Waals surface area contributed by atoms with E-state index in [2.05, 4.69) is 34.0 Å². The van der Waals surface area contributed by atoms with Crippen LogP contribution < -0.4 is 20.1 Å². The number of ether oxygens (including phenoxy) is 2. The third-order valence-corrected chi connectivity index (χ3v) is 5.40. The molecule has 0 atom stereocenters. The second kappa shape index (κ2) is 12.5. The Hall–Kier alpha value is -3.48. The number of hydrogen-bond acceptors (Lipinski definition) is 4. The van der Waals surface area contributed by atoms with E-state index >= 15 is 0 Å². The van der Waals surface area contributed by atoms with Crippen molar-refractivity contribution in [2.75, 3.05) is 25.6 Å². The highest BCUT2D eigenvalue weighted by molar-refractivity contribution is 5.90. The third-order valence-electron chi connectivity index (χ3n) is 5.40. The van der Waals surface area contributed by atoms with Gasteiger partial charge in [0.15, 0.2) is 0 Å². The Morgan fingerprint density at radius 1 is 1.03 bits per heavy atom. The van der Waals surface area contributed by atoms with Crippen LogP contribution in [-0.2, 0) is 6.54 Å². The highest BCUT2D eigenvalue weighted by Crippen LogP contribution is 2.28. The summed E-state index contributed by atoms with van der Waals surface area (Å²) < 4.78 is 13.6. The van der Waals surface area contributed by atoms with Crippen molar-refractivity contribution in [3.63, 3.8) is 0 Å². The van der Waals surface area contributed by atoms with Crippen molar-refractivity contribution >= 4 is 11.7 Å². The molecule has 2 amide bonds. The molecule has 0 radical (unpaired) electrons. The second-order valence-electron chi connectivity index (χ2n) is 7.84. The van der Waals surface area contributed by atoms with Gasteiger partial charge in [0.25, 0.3) is 6.01 Å². The van der Waals surface area contributed by atoms with Gasteiger partial charge in [-0.15, -0.1) is 0 Å². The SMILES string of the molecule is CCCCCNC(=O)Nc1ccccc1OCCCn1c(OC)nc(-c2ccccc2)c1C. The summed E-state index contributed by atoms with van der Waals surface area (Å²) in [5.74, 6) is 0.653. The number of nitrogens with one attached hydrogen (secondary N) is 2. The number of carbonyl (C=O) groups excluding carboxylic acids is 1. The Kier molecular flexibility index (Phi) is 9.18. The summed E-state index contributed by atoms with van der Waals surface area (Å²) >= 11 is 0. The van der Waals surface area contributed by atoms with Gasteiger partial charge in [0, 0.05) is 24.3 Å². The molecule has 7 nitrogen and oxygen atoms in total. The molecule has 176 valence electrons. The number of unbranched alkanes of at least 4 members (excludes halogenated alkanes) is 2. The number of anilines is 1. The lowest BCUT2D eigenvalue weighted by atomic mass is 10.1. The minimum Gasteiger partial charge on any atom is -0.491 e. The number of amides is 2. The molecule has 0 bridgehead atoms. The summed E-state index contributed by atoms with van der Waals surface area (Å²) in [6.07, 6.45) is 3.97. The van der Waals surface area contributed by atoms with Crippen LogP contribution in [0.15, 0.2) is 54.6 Å². The number of benzene rings is 2. The number of urea groups is 1. The van der Waals surface area contributed by atoms with E-state index < -0.39 is 0 Å². The first-order valence-electron chi connectivity index (χ1n) is 11.6. The number of methoxy groups -OCH3 is 1. The average molecular weight is 451 g/mol. The zero-order valence-electron chi connectivity index (χ0n) is 19.8. The maximum absolute atomic E-state index is 12.2. The predicted octanol–water partition coefficient (Wildman–Crippen LogP) is 5.65.